The summed E-state index contributed by atoms with van der Waals surface area (Å²) in [4.78, 5) is 26.4. The number of ether oxygens (including phenoxy) is 2. The van der Waals surface area contributed by atoms with Gasteiger partial charge in [-0.15, -0.1) is 0 Å². The third-order valence-electron chi connectivity index (χ3n) is 8.71. The topological polar surface area (TPSA) is 52.6 Å². The van der Waals surface area contributed by atoms with Gasteiger partial charge in [0.1, 0.15) is 11.7 Å². The summed E-state index contributed by atoms with van der Waals surface area (Å²) in [7, 11) is 0. The first kappa shape index (κ1) is 22.1. The molecule has 2 bridgehead atoms. The Bertz CT molecular complexity index is 696. The summed E-state index contributed by atoms with van der Waals surface area (Å²) in [5.74, 6) is 0.490. The Kier molecular flexibility index (Phi) is 5.34. The van der Waals surface area contributed by atoms with Crippen molar-refractivity contribution in [1.82, 2.24) is 0 Å². The predicted octanol–water partition coefficient (Wildman–Crippen LogP) is 6.06. The molecule has 5 atom stereocenters. The fourth-order valence-electron chi connectivity index (χ4n) is 7.00. The molecule has 0 heterocycles. The Balaban J connectivity index is 1.40. The first-order chi connectivity index (χ1) is 13.8. The summed E-state index contributed by atoms with van der Waals surface area (Å²) in [6.45, 7) is 13.1. The lowest BCUT2D eigenvalue weighted by atomic mass is 9.78. The molecule has 0 amide bonds. The molecule has 0 radical (unpaired) electrons. The van der Waals surface area contributed by atoms with Crippen LogP contribution in [0.4, 0.5) is 0 Å². The minimum absolute atomic E-state index is 0.00287. The number of hydrogen-bond donors (Lipinski definition) is 0. The van der Waals surface area contributed by atoms with Crippen LogP contribution in [0.15, 0.2) is 0 Å². The van der Waals surface area contributed by atoms with Crippen LogP contribution in [-0.2, 0) is 19.1 Å². The van der Waals surface area contributed by atoms with Crippen molar-refractivity contribution >= 4 is 11.9 Å². The lowest BCUT2D eigenvalue weighted by molar-refractivity contribution is -0.175. The Labute approximate surface area is 182 Å². The van der Waals surface area contributed by atoms with Crippen molar-refractivity contribution in [2.45, 2.75) is 117 Å². The standard InChI is InChI=1S/C26H42O4/c1-23(2,3)15-26(16-24(26,4)5)22(28)29-20-14-17-12-18(20)19(13-17)21(27)30-25(6)10-8-7-9-11-25/h17-20H,7-16H2,1-6H3. The van der Waals surface area contributed by atoms with E-state index >= 15 is 0 Å². The Hall–Kier alpha value is -1.06. The second-order valence-corrected chi connectivity index (χ2v) is 13.1. The Morgan fingerprint density at radius 1 is 0.967 bits per heavy atom. The lowest BCUT2D eigenvalue weighted by Gasteiger charge is -2.36. The zero-order valence-corrected chi connectivity index (χ0v) is 20.0. The monoisotopic (exact) mass is 418 g/mol. The summed E-state index contributed by atoms with van der Waals surface area (Å²) >= 11 is 0. The normalized spacial score (nSPS) is 38.9. The minimum Gasteiger partial charge on any atom is -0.462 e. The van der Waals surface area contributed by atoms with Crippen LogP contribution < -0.4 is 0 Å². The lowest BCUT2D eigenvalue weighted by Crippen LogP contribution is -2.41. The van der Waals surface area contributed by atoms with Gasteiger partial charge >= 0.3 is 11.9 Å². The molecule has 4 nitrogen and oxygen atoms in total. The SMILES string of the molecule is CC(C)(C)CC1(C(=O)OC2CC3CC(C(=O)OC4(C)CCCCC4)C2C3)CC1(C)C. The van der Waals surface area contributed by atoms with Gasteiger partial charge in [0, 0.05) is 5.92 Å². The second-order valence-electron chi connectivity index (χ2n) is 13.1. The molecule has 4 fully saturated rings. The highest BCUT2D eigenvalue weighted by Crippen LogP contribution is 2.68. The number of hydrogen-bond acceptors (Lipinski definition) is 4. The van der Waals surface area contributed by atoms with E-state index in [4.69, 9.17) is 9.47 Å². The highest BCUT2D eigenvalue weighted by atomic mass is 16.6. The number of carbonyl (C=O) groups is 2. The van der Waals surface area contributed by atoms with E-state index in [2.05, 4.69) is 41.5 Å². The van der Waals surface area contributed by atoms with E-state index in [1.807, 2.05) is 0 Å². The molecule has 0 aromatic carbocycles. The molecule has 4 saturated carbocycles. The van der Waals surface area contributed by atoms with Crippen LogP contribution in [0.3, 0.4) is 0 Å². The van der Waals surface area contributed by atoms with Crippen molar-refractivity contribution in [3.05, 3.63) is 0 Å². The van der Waals surface area contributed by atoms with E-state index in [1.165, 1.54) is 6.42 Å². The average Bonchev–Trinajstić information content (AvgIpc) is 2.95. The molecule has 0 N–H and O–H groups in total. The molecule has 30 heavy (non-hydrogen) atoms. The van der Waals surface area contributed by atoms with Crippen LogP contribution in [0, 0.1) is 34.0 Å². The zero-order chi connectivity index (χ0) is 21.9. The van der Waals surface area contributed by atoms with E-state index in [0.29, 0.717) is 5.92 Å². The van der Waals surface area contributed by atoms with Crippen molar-refractivity contribution in [1.29, 1.82) is 0 Å². The second kappa shape index (κ2) is 7.24. The first-order valence-corrected chi connectivity index (χ1v) is 12.3. The zero-order valence-electron chi connectivity index (χ0n) is 20.0. The molecule has 0 aliphatic heterocycles. The number of fused-ring (bicyclic) bond motifs is 2. The van der Waals surface area contributed by atoms with E-state index in [9.17, 15) is 9.59 Å². The third-order valence-corrected chi connectivity index (χ3v) is 8.71. The van der Waals surface area contributed by atoms with Crippen LogP contribution in [0.1, 0.15) is 106 Å². The van der Waals surface area contributed by atoms with Crippen molar-refractivity contribution in [2.75, 3.05) is 0 Å². The molecule has 0 spiro atoms. The maximum absolute atomic E-state index is 13.4. The molecule has 170 valence electrons. The van der Waals surface area contributed by atoms with Crippen molar-refractivity contribution in [3.63, 3.8) is 0 Å². The Morgan fingerprint density at radius 3 is 2.13 bits per heavy atom. The first-order valence-electron chi connectivity index (χ1n) is 12.3. The van der Waals surface area contributed by atoms with Crippen LogP contribution in [0.25, 0.3) is 0 Å². The van der Waals surface area contributed by atoms with Crippen LogP contribution in [-0.4, -0.2) is 23.6 Å². The fraction of sp³-hybridized carbons (Fsp3) is 0.923. The van der Waals surface area contributed by atoms with Gasteiger partial charge in [-0.3, -0.25) is 9.59 Å². The van der Waals surface area contributed by atoms with Crippen LogP contribution in [0.5, 0.6) is 0 Å². The van der Waals surface area contributed by atoms with Gasteiger partial charge < -0.3 is 9.47 Å². The smallest absolute Gasteiger partial charge is 0.312 e. The average molecular weight is 419 g/mol. The van der Waals surface area contributed by atoms with E-state index < -0.39 is 0 Å². The highest BCUT2D eigenvalue weighted by molar-refractivity contribution is 5.82. The maximum atomic E-state index is 13.4. The molecular weight excluding hydrogens is 376 g/mol. The van der Waals surface area contributed by atoms with Gasteiger partial charge in [0.25, 0.3) is 0 Å². The summed E-state index contributed by atoms with van der Waals surface area (Å²) in [6.07, 6.45) is 9.97. The summed E-state index contributed by atoms with van der Waals surface area (Å²) < 4.78 is 12.3. The van der Waals surface area contributed by atoms with Crippen molar-refractivity contribution in [2.24, 2.45) is 34.0 Å². The minimum atomic E-state index is -0.362. The number of rotatable bonds is 5. The Morgan fingerprint density at radius 2 is 1.60 bits per heavy atom. The summed E-state index contributed by atoms with van der Waals surface area (Å²) in [5.41, 5.74) is -0.567. The van der Waals surface area contributed by atoms with Crippen molar-refractivity contribution < 1.29 is 19.1 Å². The molecule has 0 aromatic rings. The molecule has 0 saturated heterocycles. The van der Waals surface area contributed by atoms with Crippen LogP contribution in [0.2, 0.25) is 0 Å². The van der Waals surface area contributed by atoms with Gasteiger partial charge in [-0.1, -0.05) is 41.0 Å². The molecular formula is C26H42O4. The summed E-state index contributed by atoms with van der Waals surface area (Å²) in [5, 5.41) is 0. The fourth-order valence-corrected chi connectivity index (χ4v) is 7.00. The number of esters is 2. The predicted molar refractivity (Wildman–Crippen MR) is 117 cm³/mol. The van der Waals surface area contributed by atoms with Crippen molar-refractivity contribution in [3.8, 4) is 0 Å². The molecule has 4 heteroatoms. The van der Waals surface area contributed by atoms with Gasteiger partial charge in [-0.25, -0.2) is 0 Å². The van der Waals surface area contributed by atoms with Gasteiger partial charge in [-0.05, 0) is 81.5 Å². The van der Waals surface area contributed by atoms with Crippen LogP contribution >= 0.6 is 0 Å². The largest absolute Gasteiger partial charge is 0.462 e. The van der Waals surface area contributed by atoms with Gasteiger partial charge in [0.2, 0.25) is 0 Å². The summed E-state index contributed by atoms with van der Waals surface area (Å²) in [6, 6.07) is 0. The molecule has 4 aliphatic rings. The van der Waals surface area contributed by atoms with Gasteiger partial charge in [0.05, 0.1) is 11.3 Å². The van der Waals surface area contributed by atoms with E-state index in [1.54, 1.807) is 0 Å². The van der Waals surface area contributed by atoms with Gasteiger partial charge in [0.15, 0.2) is 0 Å². The highest BCUT2D eigenvalue weighted by Gasteiger charge is 2.68. The van der Waals surface area contributed by atoms with E-state index in [-0.39, 0.29) is 51.7 Å². The third kappa shape index (κ3) is 4.05. The quantitative estimate of drug-likeness (QED) is 0.509. The van der Waals surface area contributed by atoms with E-state index in [0.717, 1.165) is 57.8 Å². The van der Waals surface area contributed by atoms with Gasteiger partial charge in [-0.2, -0.15) is 0 Å². The maximum Gasteiger partial charge on any atom is 0.312 e. The number of carbonyl (C=O) groups excluding carboxylic acids is 2. The molecule has 4 rings (SSSR count). The molecule has 5 unspecified atom stereocenters. The molecule has 0 aromatic heterocycles. The molecule has 4 aliphatic carbocycles.